The van der Waals surface area contributed by atoms with Gasteiger partial charge in [-0.25, -0.2) is 29.9 Å². The van der Waals surface area contributed by atoms with Crippen molar-refractivity contribution in [3.8, 4) is 0 Å². The Balaban J connectivity index is 1.57. The Morgan fingerprint density at radius 1 is 1.08 bits per heavy atom. The van der Waals surface area contributed by atoms with Crippen molar-refractivity contribution in [1.82, 2.24) is 35.2 Å². The Morgan fingerprint density at radius 3 is 2.65 bits per heavy atom. The molecule has 1 saturated carbocycles. The molecule has 130 valence electrons. The summed E-state index contributed by atoms with van der Waals surface area (Å²) in [5.41, 5.74) is 2.43. The van der Waals surface area contributed by atoms with Crippen molar-refractivity contribution in [2.24, 2.45) is 0 Å². The zero-order valence-corrected chi connectivity index (χ0v) is 13.8. The molecule has 4 rings (SSSR count). The maximum Gasteiger partial charge on any atom is 0.274 e. The molecule has 2 N–H and O–H groups in total. The minimum absolute atomic E-state index is 0.243. The molecule has 1 aliphatic carbocycles. The number of nitrogens with one attached hydrogen (secondary N) is 2. The highest BCUT2D eigenvalue weighted by molar-refractivity contribution is 5.97. The zero-order valence-electron chi connectivity index (χ0n) is 13.8. The van der Waals surface area contributed by atoms with Crippen LogP contribution in [0.3, 0.4) is 0 Å². The average Bonchev–Trinajstić information content (AvgIpc) is 3.53. The lowest BCUT2D eigenvalue weighted by Crippen LogP contribution is -2.26. The van der Waals surface area contributed by atoms with Crippen molar-refractivity contribution in [2.75, 3.05) is 5.32 Å². The normalized spacial score (nSPS) is 13.2. The fourth-order valence-electron chi connectivity index (χ4n) is 2.41. The van der Waals surface area contributed by atoms with E-state index in [1.807, 2.05) is 0 Å². The summed E-state index contributed by atoms with van der Waals surface area (Å²) in [4.78, 5) is 37.5. The van der Waals surface area contributed by atoms with Gasteiger partial charge in [0, 0.05) is 12.1 Å². The highest BCUT2D eigenvalue weighted by atomic mass is 16.1. The second-order valence-corrected chi connectivity index (χ2v) is 5.90. The van der Waals surface area contributed by atoms with Gasteiger partial charge in [-0.05, 0) is 18.9 Å². The molecule has 26 heavy (non-hydrogen) atoms. The van der Waals surface area contributed by atoms with Gasteiger partial charge < -0.3 is 10.6 Å². The SMILES string of the molecule is O=C(NCc1ccncn1)c1nc(C2CC2)cnc1Nc1cncnc1. The molecule has 0 aliphatic heterocycles. The maximum absolute atomic E-state index is 12.7. The number of rotatable bonds is 6. The Labute approximate surface area is 149 Å². The summed E-state index contributed by atoms with van der Waals surface area (Å²) in [5.74, 6) is 0.437. The van der Waals surface area contributed by atoms with Crippen LogP contribution in [0.1, 0.15) is 40.6 Å². The first kappa shape index (κ1) is 16.0. The molecule has 3 heterocycles. The summed E-state index contributed by atoms with van der Waals surface area (Å²) in [6, 6.07) is 1.74. The molecule has 1 amide bonds. The van der Waals surface area contributed by atoms with Gasteiger partial charge in [0.05, 0.1) is 42.2 Å². The van der Waals surface area contributed by atoms with Crippen LogP contribution < -0.4 is 10.6 Å². The van der Waals surface area contributed by atoms with Gasteiger partial charge in [-0.1, -0.05) is 0 Å². The van der Waals surface area contributed by atoms with Crippen molar-refractivity contribution >= 4 is 17.4 Å². The monoisotopic (exact) mass is 348 g/mol. The third-order valence-corrected chi connectivity index (χ3v) is 3.90. The third kappa shape index (κ3) is 3.77. The summed E-state index contributed by atoms with van der Waals surface area (Å²) in [5, 5.41) is 5.88. The number of hydrogen-bond donors (Lipinski definition) is 2. The van der Waals surface area contributed by atoms with Gasteiger partial charge in [-0.15, -0.1) is 0 Å². The van der Waals surface area contributed by atoms with Gasteiger partial charge in [0.1, 0.15) is 12.7 Å². The van der Waals surface area contributed by atoms with Crippen LogP contribution in [0.4, 0.5) is 11.5 Å². The summed E-state index contributed by atoms with van der Waals surface area (Å²) < 4.78 is 0. The highest BCUT2D eigenvalue weighted by Crippen LogP contribution is 2.39. The fourth-order valence-corrected chi connectivity index (χ4v) is 2.41. The molecule has 9 nitrogen and oxygen atoms in total. The van der Waals surface area contributed by atoms with E-state index in [1.54, 1.807) is 30.9 Å². The predicted molar refractivity (Wildman–Crippen MR) is 92.5 cm³/mol. The predicted octanol–water partition coefficient (Wildman–Crippen LogP) is 1.61. The van der Waals surface area contributed by atoms with E-state index in [9.17, 15) is 4.79 Å². The smallest absolute Gasteiger partial charge is 0.274 e. The van der Waals surface area contributed by atoms with E-state index in [0.29, 0.717) is 23.1 Å². The van der Waals surface area contributed by atoms with Gasteiger partial charge >= 0.3 is 0 Å². The number of anilines is 2. The second kappa shape index (κ2) is 7.18. The van der Waals surface area contributed by atoms with E-state index < -0.39 is 0 Å². The van der Waals surface area contributed by atoms with Crippen LogP contribution in [0.5, 0.6) is 0 Å². The Bertz CT molecular complexity index is 899. The fraction of sp³-hybridized carbons (Fsp3) is 0.235. The van der Waals surface area contributed by atoms with Crippen molar-refractivity contribution < 1.29 is 4.79 Å². The molecule has 0 atom stereocenters. The molecular weight excluding hydrogens is 332 g/mol. The van der Waals surface area contributed by atoms with Gasteiger partial charge in [0.25, 0.3) is 5.91 Å². The largest absolute Gasteiger partial charge is 0.345 e. The third-order valence-electron chi connectivity index (χ3n) is 3.90. The number of hydrogen-bond acceptors (Lipinski definition) is 8. The van der Waals surface area contributed by atoms with Crippen LogP contribution in [-0.2, 0) is 6.54 Å². The quantitative estimate of drug-likeness (QED) is 0.689. The van der Waals surface area contributed by atoms with Crippen LogP contribution >= 0.6 is 0 Å². The summed E-state index contributed by atoms with van der Waals surface area (Å²) in [6.07, 6.45) is 11.6. The molecule has 1 aliphatic rings. The van der Waals surface area contributed by atoms with Crippen LogP contribution in [0.25, 0.3) is 0 Å². The van der Waals surface area contributed by atoms with E-state index in [-0.39, 0.29) is 18.1 Å². The number of carbonyl (C=O) groups excluding carboxylic acids is 1. The van der Waals surface area contributed by atoms with Crippen LogP contribution in [-0.4, -0.2) is 35.8 Å². The number of aromatic nitrogens is 6. The van der Waals surface area contributed by atoms with Crippen molar-refractivity contribution in [1.29, 1.82) is 0 Å². The zero-order chi connectivity index (χ0) is 17.8. The highest BCUT2D eigenvalue weighted by Gasteiger charge is 2.27. The van der Waals surface area contributed by atoms with E-state index in [2.05, 4.69) is 40.5 Å². The van der Waals surface area contributed by atoms with Crippen molar-refractivity contribution in [3.63, 3.8) is 0 Å². The van der Waals surface area contributed by atoms with Gasteiger partial charge in [-0.3, -0.25) is 4.79 Å². The van der Waals surface area contributed by atoms with Crippen molar-refractivity contribution in [3.05, 3.63) is 60.6 Å². The minimum atomic E-state index is -0.321. The van der Waals surface area contributed by atoms with E-state index in [4.69, 9.17) is 0 Å². The minimum Gasteiger partial charge on any atom is -0.345 e. The van der Waals surface area contributed by atoms with Crippen LogP contribution in [0.2, 0.25) is 0 Å². The van der Waals surface area contributed by atoms with Gasteiger partial charge in [0.15, 0.2) is 11.5 Å². The Morgan fingerprint density at radius 2 is 1.92 bits per heavy atom. The van der Waals surface area contributed by atoms with E-state index >= 15 is 0 Å². The first-order valence-electron chi connectivity index (χ1n) is 8.21. The summed E-state index contributed by atoms with van der Waals surface area (Å²) >= 11 is 0. The lowest BCUT2D eigenvalue weighted by atomic mass is 10.2. The summed E-state index contributed by atoms with van der Waals surface area (Å²) in [7, 11) is 0. The van der Waals surface area contributed by atoms with Crippen LogP contribution in [0, 0.1) is 0 Å². The molecule has 3 aromatic rings. The lowest BCUT2D eigenvalue weighted by molar-refractivity contribution is 0.0945. The number of nitrogens with zero attached hydrogens (tertiary/aromatic N) is 6. The standard InChI is InChI=1S/C17H16N8O/c26-17(22-7-12-3-4-18-10-23-12)15-16(24-13-5-19-9-20-6-13)21-8-14(25-15)11-1-2-11/h3-6,8-11H,1-2,7H2,(H,21,24)(H,22,26). The van der Waals surface area contributed by atoms with Gasteiger partial charge in [-0.2, -0.15) is 0 Å². The first-order valence-corrected chi connectivity index (χ1v) is 8.21. The topological polar surface area (TPSA) is 118 Å². The number of amides is 1. The van der Waals surface area contributed by atoms with E-state index in [1.165, 1.54) is 12.7 Å². The molecule has 1 fully saturated rings. The Hall–Kier alpha value is -3.49. The maximum atomic E-state index is 12.7. The molecule has 9 heteroatoms. The molecule has 0 unspecified atom stereocenters. The van der Waals surface area contributed by atoms with Crippen molar-refractivity contribution in [2.45, 2.75) is 25.3 Å². The van der Waals surface area contributed by atoms with Crippen LogP contribution in [0.15, 0.2) is 43.5 Å². The van der Waals surface area contributed by atoms with E-state index in [0.717, 1.165) is 18.5 Å². The Kier molecular flexibility index (Phi) is 4.42. The summed E-state index contributed by atoms with van der Waals surface area (Å²) in [6.45, 7) is 0.282. The van der Waals surface area contributed by atoms with Gasteiger partial charge in [0.2, 0.25) is 0 Å². The molecule has 0 radical (unpaired) electrons. The molecule has 0 saturated heterocycles. The molecule has 0 spiro atoms. The average molecular weight is 348 g/mol. The molecule has 0 aromatic carbocycles. The second-order valence-electron chi connectivity index (χ2n) is 5.90. The first-order chi connectivity index (χ1) is 12.8. The number of carbonyl (C=O) groups is 1. The molecule has 3 aromatic heterocycles. The molecular formula is C17H16N8O. The lowest BCUT2D eigenvalue weighted by Gasteiger charge is -2.11. The molecule has 0 bridgehead atoms.